The molecule has 0 atom stereocenters. The van der Waals surface area contributed by atoms with Gasteiger partial charge < -0.3 is 4.74 Å². The van der Waals surface area contributed by atoms with Crippen molar-refractivity contribution in [2.45, 2.75) is 18.7 Å². The van der Waals surface area contributed by atoms with Crippen molar-refractivity contribution < 1.29 is 17.9 Å². The van der Waals surface area contributed by atoms with Gasteiger partial charge in [0.1, 0.15) is 12.4 Å². The second kappa shape index (κ2) is 7.39. The Bertz CT molecular complexity index is 782. The first kappa shape index (κ1) is 17.2. The maximum Gasteiger partial charge on any atom is 0.240 e. The first-order valence-electron chi connectivity index (χ1n) is 7.18. The first-order valence-corrected chi connectivity index (χ1v) is 8.67. The highest BCUT2D eigenvalue weighted by Gasteiger charge is 2.14. The predicted molar refractivity (Wildman–Crippen MR) is 88.3 cm³/mol. The van der Waals surface area contributed by atoms with E-state index in [4.69, 9.17) is 4.74 Å². The van der Waals surface area contributed by atoms with E-state index in [2.05, 4.69) is 4.72 Å². The first-order chi connectivity index (χ1) is 10.9. The fourth-order valence-electron chi connectivity index (χ4n) is 1.94. The van der Waals surface area contributed by atoms with E-state index < -0.39 is 10.0 Å². The van der Waals surface area contributed by atoms with Crippen LogP contribution in [0.4, 0.5) is 0 Å². The van der Waals surface area contributed by atoms with Gasteiger partial charge in [-0.05, 0) is 38.1 Å². The number of Topliss-reactive ketones (excluding diaryl/α,β-unsaturated/α-hetero) is 1. The Hall–Kier alpha value is -2.18. The molecule has 0 amide bonds. The number of rotatable bonds is 7. The van der Waals surface area contributed by atoms with Crippen LogP contribution in [0.2, 0.25) is 0 Å². The molecule has 0 radical (unpaired) electrons. The van der Waals surface area contributed by atoms with Crippen LogP contribution >= 0.6 is 0 Å². The second-order valence-electron chi connectivity index (χ2n) is 5.14. The number of benzene rings is 2. The van der Waals surface area contributed by atoms with Gasteiger partial charge in [-0.1, -0.05) is 29.8 Å². The van der Waals surface area contributed by atoms with Crippen LogP contribution in [-0.4, -0.2) is 27.4 Å². The number of aryl methyl sites for hydroxylation is 1. The van der Waals surface area contributed by atoms with Crippen molar-refractivity contribution in [2.24, 2.45) is 0 Å². The molecule has 2 rings (SSSR count). The summed E-state index contributed by atoms with van der Waals surface area (Å²) in [6, 6.07) is 13.5. The third kappa shape index (κ3) is 4.91. The zero-order valence-corrected chi connectivity index (χ0v) is 13.9. The Morgan fingerprint density at radius 3 is 2.48 bits per heavy atom. The van der Waals surface area contributed by atoms with Crippen molar-refractivity contribution in [2.75, 3.05) is 13.2 Å². The summed E-state index contributed by atoms with van der Waals surface area (Å²) in [7, 11) is -3.66. The molecule has 0 aliphatic rings. The molecule has 2 aromatic rings. The lowest BCUT2D eigenvalue weighted by atomic mass is 10.2. The van der Waals surface area contributed by atoms with Crippen LogP contribution in [0.3, 0.4) is 0 Å². The van der Waals surface area contributed by atoms with Gasteiger partial charge in [0.25, 0.3) is 0 Å². The maximum atomic E-state index is 12.2. The molecule has 0 spiro atoms. The molecule has 0 heterocycles. The van der Waals surface area contributed by atoms with Gasteiger partial charge in [0.2, 0.25) is 10.0 Å². The molecular weight excluding hydrogens is 314 g/mol. The predicted octanol–water partition coefficient (Wildman–Crippen LogP) is 2.55. The monoisotopic (exact) mass is 333 g/mol. The third-order valence-electron chi connectivity index (χ3n) is 3.23. The summed E-state index contributed by atoms with van der Waals surface area (Å²) in [5.74, 6) is 0.512. The molecule has 0 aromatic heterocycles. The van der Waals surface area contributed by atoms with Gasteiger partial charge in [-0.2, -0.15) is 0 Å². The fraction of sp³-hybridized carbons (Fsp3) is 0.235. The average Bonchev–Trinajstić information content (AvgIpc) is 2.53. The molecule has 2 aromatic carbocycles. The van der Waals surface area contributed by atoms with Gasteiger partial charge in [-0.3, -0.25) is 4.79 Å². The van der Waals surface area contributed by atoms with E-state index >= 15 is 0 Å². The molecule has 0 saturated heterocycles. The molecule has 0 saturated carbocycles. The van der Waals surface area contributed by atoms with Crippen molar-refractivity contribution in [1.29, 1.82) is 0 Å². The number of hydrogen-bond donors (Lipinski definition) is 1. The summed E-state index contributed by atoms with van der Waals surface area (Å²) < 4.78 is 32.3. The Labute approximate surface area is 136 Å². The van der Waals surface area contributed by atoms with E-state index in [1.807, 2.05) is 31.2 Å². The lowest BCUT2D eigenvalue weighted by molar-refractivity contribution is 0.101. The summed E-state index contributed by atoms with van der Waals surface area (Å²) in [5.41, 5.74) is 1.49. The van der Waals surface area contributed by atoms with E-state index in [1.165, 1.54) is 19.1 Å². The largest absolute Gasteiger partial charge is 0.492 e. The van der Waals surface area contributed by atoms with E-state index in [-0.39, 0.29) is 23.8 Å². The van der Waals surface area contributed by atoms with E-state index in [9.17, 15) is 13.2 Å². The topological polar surface area (TPSA) is 72.5 Å². The number of sulfonamides is 1. The standard InChI is InChI=1S/C17H19NO4S/c1-13-6-8-16(9-7-13)22-11-10-18-23(20,21)17-5-3-4-15(12-17)14(2)19/h3-9,12,18H,10-11H2,1-2H3. The van der Waals surface area contributed by atoms with E-state index in [0.717, 1.165) is 5.56 Å². The highest BCUT2D eigenvalue weighted by atomic mass is 32.2. The van der Waals surface area contributed by atoms with Crippen molar-refractivity contribution >= 4 is 15.8 Å². The highest BCUT2D eigenvalue weighted by molar-refractivity contribution is 7.89. The van der Waals surface area contributed by atoms with Crippen molar-refractivity contribution in [3.63, 3.8) is 0 Å². The van der Waals surface area contributed by atoms with E-state index in [1.54, 1.807) is 12.1 Å². The molecule has 0 bridgehead atoms. The molecular formula is C17H19NO4S. The molecule has 23 heavy (non-hydrogen) atoms. The Morgan fingerprint density at radius 2 is 1.83 bits per heavy atom. The number of hydrogen-bond acceptors (Lipinski definition) is 4. The van der Waals surface area contributed by atoms with Crippen LogP contribution in [0.15, 0.2) is 53.4 Å². The zero-order chi connectivity index (χ0) is 16.9. The van der Waals surface area contributed by atoms with E-state index in [0.29, 0.717) is 11.3 Å². The smallest absolute Gasteiger partial charge is 0.240 e. The number of carbonyl (C=O) groups excluding carboxylic acids is 1. The highest BCUT2D eigenvalue weighted by Crippen LogP contribution is 2.13. The van der Waals surface area contributed by atoms with Gasteiger partial charge >= 0.3 is 0 Å². The third-order valence-corrected chi connectivity index (χ3v) is 4.69. The molecule has 0 fully saturated rings. The van der Waals surface area contributed by atoms with Crippen molar-refractivity contribution in [3.05, 3.63) is 59.7 Å². The average molecular weight is 333 g/mol. The number of ether oxygens (including phenoxy) is 1. The molecule has 1 N–H and O–H groups in total. The maximum absolute atomic E-state index is 12.2. The SMILES string of the molecule is CC(=O)c1cccc(S(=O)(=O)NCCOc2ccc(C)cc2)c1. The summed E-state index contributed by atoms with van der Waals surface area (Å²) in [5, 5.41) is 0. The summed E-state index contributed by atoms with van der Waals surface area (Å²) >= 11 is 0. The van der Waals surface area contributed by atoms with Crippen LogP contribution in [0, 0.1) is 6.92 Å². The fourth-order valence-corrected chi connectivity index (χ4v) is 3.00. The lowest BCUT2D eigenvalue weighted by Crippen LogP contribution is -2.28. The summed E-state index contributed by atoms with van der Waals surface area (Å²) in [6.07, 6.45) is 0. The minimum absolute atomic E-state index is 0.0699. The molecule has 0 aliphatic heterocycles. The molecule has 5 nitrogen and oxygen atoms in total. The van der Waals surface area contributed by atoms with Crippen LogP contribution in [0.25, 0.3) is 0 Å². The normalized spacial score (nSPS) is 11.2. The van der Waals surface area contributed by atoms with Gasteiger partial charge in [-0.15, -0.1) is 0 Å². The van der Waals surface area contributed by atoms with Gasteiger partial charge in [0, 0.05) is 12.1 Å². The van der Waals surface area contributed by atoms with Gasteiger partial charge in [0.15, 0.2) is 5.78 Å². The second-order valence-corrected chi connectivity index (χ2v) is 6.91. The van der Waals surface area contributed by atoms with Gasteiger partial charge in [0.05, 0.1) is 4.90 Å². The summed E-state index contributed by atoms with van der Waals surface area (Å²) in [4.78, 5) is 11.4. The van der Waals surface area contributed by atoms with Crippen LogP contribution in [-0.2, 0) is 10.0 Å². The zero-order valence-electron chi connectivity index (χ0n) is 13.1. The van der Waals surface area contributed by atoms with Crippen molar-refractivity contribution in [3.8, 4) is 5.75 Å². The molecule has 0 unspecified atom stereocenters. The number of ketones is 1. The van der Waals surface area contributed by atoms with Crippen LogP contribution < -0.4 is 9.46 Å². The Balaban J connectivity index is 1.92. The summed E-state index contributed by atoms with van der Waals surface area (Å²) in [6.45, 7) is 3.73. The molecule has 6 heteroatoms. The van der Waals surface area contributed by atoms with Crippen LogP contribution in [0.5, 0.6) is 5.75 Å². The lowest BCUT2D eigenvalue weighted by Gasteiger charge is -2.09. The quantitative estimate of drug-likeness (QED) is 0.624. The minimum Gasteiger partial charge on any atom is -0.492 e. The Morgan fingerprint density at radius 1 is 1.13 bits per heavy atom. The minimum atomic E-state index is -3.66. The van der Waals surface area contributed by atoms with Crippen LogP contribution in [0.1, 0.15) is 22.8 Å². The number of carbonyl (C=O) groups is 1. The van der Waals surface area contributed by atoms with Gasteiger partial charge in [-0.25, -0.2) is 13.1 Å². The molecule has 122 valence electrons. The van der Waals surface area contributed by atoms with Crippen molar-refractivity contribution in [1.82, 2.24) is 4.72 Å². The molecule has 0 aliphatic carbocycles. The number of nitrogens with one attached hydrogen (secondary N) is 1. The Kier molecular flexibility index (Phi) is 5.52.